The molecule has 0 spiro atoms. The summed E-state index contributed by atoms with van der Waals surface area (Å²) in [4.78, 5) is 16.7. The van der Waals surface area contributed by atoms with Gasteiger partial charge in [0.1, 0.15) is 5.03 Å². The minimum atomic E-state index is -0.114. The monoisotopic (exact) mass is 454 g/mol. The molecule has 7 heteroatoms. The zero-order valence-electron chi connectivity index (χ0n) is 16.9. The second-order valence-electron chi connectivity index (χ2n) is 7.02. The maximum atomic E-state index is 12.3. The summed E-state index contributed by atoms with van der Waals surface area (Å²) in [5.74, 6) is 0.131. The molecule has 5 rings (SSSR count). The second kappa shape index (κ2) is 9.30. The van der Waals surface area contributed by atoms with Gasteiger partial charge in [0, 0.05) is 5.56 Å². The van der Waals surface area contributed by atoms with Crippen LogP contribution in [-0.4, -0.2) is 26.8 Å². The van der Waals surface area contributed by atoms with Gasteiger partial charge in [0.05, 0.1) is 21.7 Å². The van der Waals surface area contributed by atoms with Crippen LogP contribution in [0.25, 0.3) is 32.6 Å². The number of anilines is 1. The maximum absolute atomic E-state index is 12.3. The number of benzene rings is 3. The van der Waals surface area contributed by atoms with Crippen LogP contribution < -0.4 is 5.32 Å². The molecule has 0 atom stereocenters. The largest absolute Gasteiger partial charge is 0.301 e. The van der Waals surface area contributed by atoms with Crippen molar-refractivity contribution < 1.29 is 4.79 Å². The minimum Gasteiger partial charge on any atom is -0.301 e. The maximum Gasteiger partial charge on any atom is 0.236 e. The summed E-state index contributed by atoms with van der Waals surface area (Å²) >= 11 is 2.82. The molecule has 5 nitrogen and oxygen atoms in total. The highest BCUT2D eigenvalue weighted by atomic mass is 32.2. The summed E-state index contributed by atoms with van der Waals surface area (Å²) in [5.41, 5.74) is 5.03. The predicted molar refractivity (Wildman–Crippen MR) is 132 cm³/mol. The summed E-state index contributed by atoms with van der Waals surface area (Å²) in [5, 5.41) is 12.8. The van der Waals surface area contributed by atoms with Crippen LogP contribution in [0.15, 0.2) is 96.0 Å². The summed E-state index contributed by atoms with van der Waals surface area (Å²) < 4.78 is 1.05. The third-order valence-electron chi connectivity index (χ3n) is 4.82. The number of nitrogens with one attached hydrogen (secondary N) is 1. The van der Waals surface area contributed by atoms with E-state index in [1.807, 2.05) is 66.7 Å². The molecule has 1 amide bonds. The van der Waals surface area contributed by atoms with Crippen LogP contribution >= 0.6 is 23.1 Å². The van der Waals surface area contributed by atoms with Crippen LogP contribution in [-0.2, 0) is 4.79 Å². The fraction of sp³-hybridized carbons (Fsp3) is 0.0400. The fourth-order valence-electron chi connectivity index (χ4n) is 3.24. The highest BCUT2D eigenvalue weighted by Gasteiger charge is 2.09. The van der Waals surface area contributed by atoms with E-state index in [4.69, 9.17) is 0 Å². The number of rotatable bonds is 6. The third-order valence-corrected chi connectivity index (χ3v) is 6.69. The predicted octanol–water partition coefficient (Wildman–Crippen LogP) is 6.15. The Morgan fingerprint density at radius 1 is 0.781 bits per heavy atom. The van der Waals surface area contributed by atoms with Gasteiger partial charge in [0.15, 0.2) is 5.13 Å². The molecule has 0 aliphatic heterocycles. The first kappa shape index (κ1) is 20.4. The molecule has 0 saturated heterocycles. The molecule has 0 fully saturated rings. The first-order chi connectivity index (χ1) is 15.7. The summed E-state index contributed by atoms with van der Waals surface area (Å²) in [7, 11) is 0. The van der Waals surface area contributed by atoms with E-state index >= 15 is 0 Å². The SMILES string of the molecule is O=C(CSc1ccc(-c2ccc(-c3ccccc3)cc2)nn1)Nc1nc2ccccc2s1. The second-order valence-corrected chi connectivity index (χ2v) is 9.05. The van der Waals surface area contributed by atoms with Gasteiger partial charge in [0.2, 0.25) is 5.91 Å². The highest BCUT2D eigenvalue weighted by molar-refractivity contribution is 7.99. The van der Waals surface area contributed by atoms with Crippen molar-refractivity contribution in [3.8, 4) is 22.4 Å². The molecule has 0 bridgehead atoms. The number of carbonyl (C=O) groups is 1. The van der Waals surface area contributed by atoms with Crippen molar-refractivity contribution in [3.05, 3.63) is 91.0 Å². The van der Waals surface area contributed by atoms with E-state index in [1.54, 1.807) is 0 Å². The molecule has 5 aromatic rings. The lowest BCUT2D eigenvalue weighted by Crippen LogP contribution is -2.13. The summed E-state index contributed by atoms with van der Waals surface area (Å²) in [6, 6.07) is 30.2. The van der Waals surface area contributed by atoms with Crippen molar-refractivity contribution in [2.75, 3.05) is 11.1 Å². The van der Waals surface area contributed by atoms with Crippen molar-refractivity contribution in [1.82, 2.24) is 15.2 Å². The molecule has 2 aromatic heterocycles. The van der Waals surface area contributed by atoms with Gasteiger partial charge in [-0.3, -0.25) is 4.79 Å². The van der Waals surface area contributed by atoms with E-state index in [-0.39, 0.29) is 11.7 Å². The number of carbonyl (C=O) groups excluding carboxylic acids is 1. The number of nitrogens with zero attached hydrogens (tertiary/aromatic N) is 3. The average molecular weight is 455 g/mol. The quantitative estimate of drug-likeness (QED) is 0.312. The molecule has 156 valence electrons. The molecule has 3 aromatic carbocycles. The molecular formula is C25H18N4OS2. The first-order valence-electron chi connectivity index (χ1n) is 10.0. The topological polar surface area (TPSA) is 67.8 Å². The Bertz CT molecular complexity index is 1320. The molecule has 2 heterocycles. The Labute approximate surface area is 193 Å². The van der Waals surface area contributed by atoms with Gasteiger partial charge < -0.3 is 5.32 Å². The normalized spacial score (nSPS) is 10.9. The number of para-hydroxylation sites is 1. The lowest BCUT2D eigenvalue weighted by molar-refractivity contribution is -0.113. The smallest absolute Gasteiger partial charge is 0.236 e. The Kier molecular flexibility index (Phi) is 5.91. The molecule has 0 aliphatic rings. The summed E-state index contributed by atoms with van der Waals surface area (Å²) in [6.07, 6.45) is 0. The van der Waals surface area contributed by atoms with Crippen molar-refractivity contribution in [2.24, 2.45) is 0 Å². The number of hydrogen-bond acceptors (Lipinski definition) is 6. The van der Waals surface area contributed by atoms with E-state index in [2.05, 4.69) is 44.8 Å². The average Bonchev–Trinajstić information content (AvgIpc) is 3.26. The van der Waals surface area contributed by atoms with Crippen molar-refractivity contribution in [2.45, 2.75) is 5.03 Å². The Morgan fingerprint density at radius 2 is 1.50 bits per heavy atom. The van der Waals surface area contributed by atoms with Gasteiger partial charge in [-0.25, -0.2) is 4.98 Å². The number of thiazole rings is 1. The van der Waals surface area contributed by atoms with Crippen LogP contribution in [0, 0.1) is 0 Å². The molecule has 0 radical (unpaired) electrons. The number of amides is 1. The molecule has 32 heavy (non-hydrogen) atoms. The van der Waals surface area contributed by atoms with E-state index in [0.717, 1.165) is 27.0 Å². The van der Waals surface area contributed by atoms with Crippen molar-refractivity contribution >= 4 is 44.4 Å². The van der Waals surface area contributed by atoms with Crippen LogP contribution in [0.3, 0.4) is 0 Å². The van der Waals surface area contributed by atoms with Gasteiger partial charge in [-0.05, 0) is 35.4 Å². The Morgan fingerprint density at radius 3 is 2.25 bits per heavy atom. The molecule has 1 N–H and O–H groups in total. The van der Waals surface area contributed by atoms with Crippen LogP contribution in [0.2, 0.25) is 0 Å². The van der Waals surface area contributed by atoms with E-state index in [1.165, 1.54) is 28.7 Å². The van der Waals surface area contributed by atoms with E-state index in [0.29, 0.717) is 10.2 Å². The molecule has 0 saturated carbocycles. The van der Waals surface area contributed by atoms with Crippen molar-refractivity contribution in [3.63, 3.8) is 0 Å². The number of thioether (sulfide) groups is 1. The molecule has 0 unspecified atom stereocenters. The highest BCUT2D eigenvalue weighted by Crippen LogP contribution is 2.27. The molecular weight excluding hydrogens is 436 g/mol. The summed E-state index contributed by atoms with van der Waals surface area (Å²) in [6.45, 7) is 0. The van der Waals surface area contributed by atoms with Gasteiger partial charge in [0.25, 0.3) is 0 Å². The number of fused-ring (bicyclic) bond motifs is 1. The number of hydrogen-bond donors (Lipinski definition) is 1. The van der Waals surface area contributed by atoms with Crippen molar-refractivity contribution in [1.29, 1.82) is 0 Å². The van der Waals surface area contributed by atoms with E-state index < -0.39 is 0 Å². The zero-order valence-corrected chi connectivity index (χ0v) is 18.6. The minimum absolute atomic E-state index is 0.114. The van der Waals surface area contributed by atoms with Crippen LogP contribution in [0.1, 0.15) is 0 Å². The lowest BCUT2D eigenvalue weighted by Gasteiger charge is -2.05. The standard InChI is InChI=1S/C25H18N4OS2/c30-23(27-25-26-21-8-4-5-9-22(21)32-25)16-31-24-15-14-20(28-29-24)19-12-10-18(11-13-19)17-6-2-1-3-7-17/h1-15H,16H2,(H,26,27,30). The van der Waals surface area contributed by atoms with Crippen LogP contribution in [0.4, 0.5) is 5.13 Å². The molecule has 0 aliphatic carbocycles. The Balaban J connectivity index is 1.19. The number of aromatic nitrogens is 3. The lowest BCUT2D eigenvalue weighted by atomic mass is 10.0. The zero-order chi connectivity index (χ0) is 21.8. The van der Waals surface area contributed by atoms with Crippen LogP contribution in [0.5, 0.6) is 0 Å². The van der Waals surface area contributed by atoms with Gasteiger partial charge in [-0.15, -0.1) is 10.2 Å². The Hall–Kier alpha value is -3.55. The van der Waals surface area contributed by atoms with Gasteiger partial charge in [-0.2, -0.15) is 0 Å². The fourth-order valence-corrected chi connectivity index (χ4v) is 4.73. The van der Waals surface area contributed by atoms with Gasteiger partial charge in [-0.1, -0.05) is 89.8 Å². The third kappa shape index (κ3) is 4.69. The van der Waals surface area contributed by atoms with E-state index in [9.17, 15) is 4.79 Å². The van der Waals surface area contributed by atoms with Gasteiger partial charge >= 0.3 is 0 Å². The first-order valence-corrected chi connectivity index (χ1v) is 11.8.